The first-order valence-electron chi connectivity index (χ1n) is 7.46. The number of carbonyl (C=O) groups excluding carboxylic acids is 1. The summed E-state index contributed by atoms with van der Waals surface area (Å²) in [7, 11) is 1.59. The van der Waals surface area contributed by atoms with Crippen LogP contribution in [-0.2, 0) is 0 Å². The van der Waals surface area contributed by atoms with E-state index in [1.165, 1.54) is 0 Å². The largest absolute Gasteiger partial charge is 0.493 e. The number of hydrogen-bond acceptors (Lipinski definition) is 4. The van der Waals surface area contributed by atoms with E-state index in [1.54, 1.807) is 37.1 Å². The van der Waals surface area contributed by atoms with Crippen LogP contribution >= 0.6 is 11.8 Å². The second-order valence-corrected chi connectivity index (χ2v) is 5.82. The fraction of sp³-hybridized carbons (Fsp3) is 0.150. The smallest absolute Gasteiger partial charge is 0.185 e. The zero-order valence-corrected chi connectivity index (χ0v) is 14.6. The van der Waals surface area contributed by atoms with E-state index in [0.29, 0.717) is 23.7 Å². The maximum absolute atomic E-state index is 12.2. The van der Waals surface area contributed by atoms with Crippen molar-refractivity contribution in [3.8, 4) is 11.5 Å². The molecule has 0 amide bonds. The van der Waals surface area contributed by atoms with Crippen molar-refractivity contribution in [1.82, 2.24) is 0 Å². The van der Waals surface area contributed by atoms with Crippen LogP contribution < -0.4 is 9.47 Å². The first kappa shape index (κ1) is 17.9. The van der Waals surface area contributed by atoms with Crippen LogP contribution in [-0.4, -0.2) is 25.8 Å². The average molecular weight is 340 g/mol. The molecule has 2 rings (SSSR count). The van der Waals surface area contributed by atoms with Crippen LogP contribution in [0.4, 0.5) is 0 Å². The summed E-state index contributed by atoms with van der Waals surface area (Å²) < 4.78 is 10.8. The van der Waals surface area contributed by atoms with Gasteiger partial charge in [0, 0.05) is 10.5 Å². The van der Waals surface area contributed by atoms with E-state index in [-0.39, 0.29) is 5.78 Å². The number of benzene rings is 2. The van der Waals surface area contributed by atoms with Gasteiger partial charge in [0.15, 0.2) is 17.3 Å². The number of carbonyl (C=O) groups is 1. The molecule has 0 aliphatic rings. The van der Waals surface area contributed by atoms with Gasteiger partial charge in [-0.1, -0.05) is 24.8 Å². The summed E-state index contributed by atoms with van der Waals surface area (Å²) in [4.78, 5) is 13.4. The zero-order valence-electron chi connectivity index (χ0n) is 13.8. The molecule has 4 heteroatoms. The predicted molar refractivity (Wildman–Crippen MR) is 100 cm³/mol. The molecular formula is C20H20O3S. The maximum atomic E-state index is 12.2. The molecule has 0 heterocycles. The molecule has 0 saturated carbocycles. The van der Waals surface area contributed by atoms with Gasteiger partial charge in [-0.3, -0.25) is 4.79 Å². The summed E-state index contributed by atoms with van der Waals surface area (Å²) in [5.74, 6) is 1.23. The first-order chi connectivity index (χ1) is 11.7. The molecule has 2 aromatic rings. The van der Waals surface area contributed by atoms with Crippen LogP contribution in [0.2, 0.25) is 0 Å². The number of allylic oxidation sites excluding steroid dienone is 1. The van der Waals surface area contributed by atoms with Gasteiger partial charge in [-0.25, -0.2) is 0 Å². The van der Waals surface area contributed by atoms with Crippen LogP contribution in [0, 0.1) is 0 Å². The van der Waals surface area contributed by atoms with Gasteiger partial charge in [0.05, 0.1) is 7.11 Å². The van der Waals surface area contributed by atoms with E-state index in [2.05, 4.69) is 6.58 Å². The Morgan fingerprint density at radius 2 is 1.92 bits per heavy atom. The minimum atomic E-state index is -0.0337. The average Bonchev–Trinajstić information content (AvgIpc) is 2.64. The lowest BCUT2D eigenvalue weighted by Gasteiger charge is -2.09. The predicted octanol–water partition coefficient (Wildman–Crippen LogP) is 4.88. The van der Waals surface area contributed by atoms with Gasteiger partial charge in [0.2, 0.25) is 0 Å². The summed E-state index contributed by atoms with van der Waals surface area (Å²) >= 11 is 1.65. The molecule has 0 bridgehead atoms. The van der Waals surface area contributed by atoms with Crippen molar-refractivity contribution in [2.75, 3.05) is 20.0 Å². The third-order valence-corrected chi connectivity index (χ3v) is 4.09. The van der Waals surface area contributed by atoms with E-state index < -0.39 is 0 Å². The van der Waals surface area contributed by atoms with Gasteiger partial charge >= 0.3 is 0 Å². The fourth-order valence-corrected chi connectivity index (χ4v) is 2.49. The van der Waals surface area contributed by atoms with Gasteiger partial charge in [-0.05, 0) is 54.3 Å². The van der Waals surface area contributed by atoms with Crippen molar-refractivity contribution < 1.29 is 14.3 Å². The molecule has 3 nitrogen and oxygen atoms in total. The van der Waals surface area contributed by atoms with Crippen molar-refractivity contribution in [1.29, 1.82) is 0 Å². The molecule has 0 radical (unpaired) electrons. The third kappa shape index (κ3) is 4.77. The van der Waals surface area contributed by atoms with E-state index >= 15 is 0 Å². The summed E-state index contributed by atoms with van der Waals surface area (Å²) in [5.41, 5.74) is 1.54. The molecule has 0 N–H and O–H groups in total. The first-order valence-corrected chi connectivity index (χ1v) is 8.68. The van der Waals surface area contributed by atoms with Crippen molar-refractivity contribution in [2.24, 2.45) is 0 Å². The van der Waals surface area contributed by atoms with Gasteiger partial charge in [0.1, 0.15) is 6.61 Å². The van der Waals surface area contributed by atoms with Crippen molar-refractivity contribution in [3.63, 3.8) is 0 Å². The molecule has 0 spiro atoms. The minimum absolute atomic E-state index is 0.0337. The quantitative estimate of drug-likeness (QED) is 0.297. The number of thioether (sulfide) groups is 1. The molecule has 124 valence electrons. The van der Waals surface area contributed by atoms with Crippen molar-refractivity contribution >= 4 is 23.6 Å². The summed E-state index contributed by atoms with van der Waals surface area (Å²) in [6.45, 7) is 4.03. The number of ketones is 1. The Kier molecular flexibility index (Phi) is 6.70. The highest BCUT2D eigenvalue weighted by Gasteiger charge is 2.05. The van der Waals surface area contributed by atoms with Gasteiger partial charge in [-0.15, -0.1) is 11.8 Å². The highest BCUT2D eigenvalue weighted by atomic mass is 32.2. The topological polar surface area (TPSA) is 35.5 Å². The van der Waals surface area contributed by atoms with Crippen LogP contribution in [0.5, 0.6) is 11.5 Å². The molecule has 24 heavy (non-hydrogen) atoms. The highest BCUT2D eigenvalue weighted by molar-refractivity contribution is 7.98. The van der Waals surface area contributed by atoms with E-state index in [9.17, 15) is 4.79 Å². The van der Waals surface area contributed by atoms with E-state index in [1.807, 2.05) is 48.7 Å². The Hall–Kier alpha value is -2.46. The van der Waals surface area contributed by atoms with Crippen LogP contribution in [0.15, 0.2) is 66.1 Å². The van der Waals surface area contributed by atoms with Gasteiger partial charge < -0.3 is 9.47 Å². The monoisotopic (exact) mass is 340 g/mol. The summed E-state index contributed by atoms with van der Waals surface area (Å²) in [6, 6.07) is 13.1. The maximum Gasteiger partial charge on any atom is 0.185 e. The minimum Gasteiger partial charge on any atom is -0.493 e. The molecular weight excluding hydrogens is 320 g/mol. The summed E-state index contributed by atoms with van der Waals surface area (Å²) in [6.07, 6.45) is 7.01. The van der Waals surface area contributed by atoms with Crippen LogP contribution in [0.25, 0.3) is 6.08 Å². The van der Waals surface area contributed by atoms with E-state index in [0.717, 1.165) is 10.5 Å². The SMILES string of the molecule is C=CCOc1ccc(C=CC(=O)c2ccc(SC)cc2)cc1OC. The number of hydrogen-bond donors (Lipinski definition) is 0. The Balaban J connectivity index is 2.12. The lowest BCUT2D eigenvalue weighted by atomic mass is 10.1. The Morgan fingerprint density at radius 1 is 1.17 bits per heavy atom. The number of rotatable bonds is 8. The number of ether oxygens (including phenoxy) is 2. The molecule has 0 aliphatic heterocycles. The molecule has 0 saturated heterocycles. The second-order valence-electron chi connectivity index (χ2n) is 4.94. The standard InChI is InChI=1S/C20H20O3S/c1-4-13-23-19-12-6-15(14-20(19)22-2)5-11-18(21)16-7-9-17(24-3)10-8-16/h4-12,14H,1,13H2,2-3H3. The van der Waals surface area contributed by atoms with Crippen molar-refractivity contribution in [3.05, 3.63) is 72.3 Å². The summed E-state index contributed by atoms with van der Waals surface area (Å²) in [5, 5.41) is 0. The lowest BCUT2D eigenvalue weighted by molar-refractivity contribution is 0.104. The third-order valence-electron chi connectivity index (χ3n) is 3.35. The van der Waals surface area contributed by atoms with Gasteiger partial charge in [0.25, 0.3) is 0 Å². The fourth-order valence-electron chi connectivity index (χ4n) is 2.08. The Labute approximate surface area is 147 Å². The Bertz CT molecular complexity index is 733. The molecule has 0 fully saturated rings. The molecule has 0 atom stereocenters. The van der Waals surface area contributed by atoms with Crippen LogP contribution in [0.3, 0.4) is 0 Å². The van der Waals surface area contributed by atoms with Gasteiger partial charge in [-0.2, -0.15) is 0 Å². The molecule has 2 aromatic carbocycles. The normalized spacial score (nSPS) is 10.6. The second kappa shape index (κ2) is 8.99. The molecule has 0 unspecified atom stereocenters. The molecule has 0 aliphatic carbocycles. The lowest BCUT2D eigenvalue weighted by Crippen LogP contribution is -1.96. The van der Waals surface area contributed by atoms with Crippen molar-refractivity contribution in [2.45, 2.75) is 4.90 Å². The highest BCUT2D eigenvalue weighted by Crippen LogP contribution is 2.28. The molecule has 0 aromatic heterocycles. The number of methoxy groups -OCH3 is 1. The zero-order chi connectivity index (χ0) is 17.4. The Morgan fingerprint density at radius 3 is 2.54 bits per heavy atom. The van der Waals surface area contributed by atoms with Crippen LogP contribution in [0.1, 0.15) is 15.9 Å². The van der Waals surface area contributed by atoms with E-state index in [4.69, 9.17) is 9.47 Å².